The lowest BCUT2D eigenvalue weighted by atomic mass is 9.91. The van der Waals surface area contributed by atoms with Crippen LogP contribution in [0.1, 0.15) is 33.4 Å². The first-order valence-corrected chi connectivity index (χ1v) is 14.4. The number of hydrogen-bond acceptors (Lipinski definition) is 0. The second kappa shape index (κ2) is 11.6. The lowest BCUT2D eigenvalue weighted by Crippen LogP contribution is -1.91. The molecular weight excluding hydrogens is 504 g/mol. The first-order valence-electron chi connectivity index (χ1n) is 14.4. The van der Waals surface area contributed by atoms with Crippen LogP contribution in [0.2, 0.25) is 0 Å². The molecular formula is C42H30. The standard InChI is InChI=1S/C42H30/c1-3-13-35(14-4-1)41(39-23-11-19-33-17-7-9-21-37(33)39)29-31-25-27-32(28-26-31)30-42(36-15-5-2-6-16-36)40-24-12-20-34-18-8-10-22-38(34)40/h1-30H/b41-29+,42-30+. The van der Waals surface area contributed by atoms with Gasteiger partial charge in [0.15, 0.2) is 0 Å². The average molecular weight is 535 g/mol. The van der Waals surface area contributed by atoms with Crippen molar-refractivity contribution in [1.82, 2.24) is 0 Å². The van der Waals surface area contributed by atoms with E-state index in [2.05, 4.69) is 182 Å². The third-order valence-corrected chi connectivity index (χ3v) is 7.89. The summed E-state index contributed by atoms with van der Waals surface area (Å²) in [6.45, 7) is 0. The quantitative estimate of drug-likeness (QED) is 0.186. The second-order valence-corrected chi connectivity index (χ2v) is 10.6. The van der Waals surface area contributed by atoms with Gasteiger partial charge in [-0.25, -0.2) is 0 Å². The Hall–Kier alpha value is -5.46. The van der Waals surface area contributed by atoms with Gasteiger partial charge in [-0.3, -0.25) is 0 Å². The Labute approximate surface area is 247 Å². The SMILES string of the molecule is C(=C(/c1ccccc1)c1cccc2ccccc12)/c1ccc(/C=C(\c2ccccc2)c2cccc3ccccc23)cc1. The van der Waals surface area contributed by atoms with Crippen LogP contribution in [0.5, 0.6) is 0 Å². The molecule has 0 bridgehead atoms. The maximum Gasteiger partial charge on any atom is -0.00992 e. The zero-order chi connectivity index (χ0) is 28.1. The van der Waals surface area contributed by atoms with Crippen LogP contribution in [-0.2, 0) is 0 Å². The van der Waals surface area contributed by atoms with Crippen LogP contribution in [0, 0.1) is 0 Å². The molecule has 0 fully saturated rings. The Morgan fingerprint density at radius 1 is 0.310 bits per heavy atom. The molecule has 0 radical (unpaired) electrons. The fraction of sp³-hybridized carbons (Fsp3) is 0. The van der Waals surface area contributed by atoms with E-state index in [1.54, 1.807) is 0 Å². The number of benzene rings is 7. The molecule has 0 unspecified atom stereocenters. The van der Waals surface area contributed by atoms with E-state index in [-0.39, 0.29) is 0 Å². The molecule has 0 N–H and O–H groups in total. The number of fused-ring (bicyclic) bond motifs is 2. The van der Waals surface area contributed by atoms with Gasteiger partial charge in [-0.2, -0.15) is 0 Å². The van der Waals surface area contributed by atoms with Crippen molar-refractivity contribution in [2.24, 2.45) is 0 Å². The Morgan fingerprint density at radius 2 is 0.667 bits per heavy atom. The molecule has 0 atom stereocenters. The lowest BCUT2D eigenvalue weighted by molar-refractivity contribution is 1.56. The van der Waals surface area contributed by atoms with Gasteiger partial charge in [-0.15, -0.1) is 0 Å². The summed E-state index contributed by atoms with van der Waals surface area (Å²) < 4.78 is 0. The van der Waals surface area contributed by atoms with E-state index in [0.717, 1.165) is 0 Å². The first kappa shape index (κ1) is 25.5. The molecule has 0 spiro atoms. The molecule has 0 aromatic heterocycles. The molecule has 7 aromatic carbocycles. The van der Waals surface area contributed by atoms with Gasteiger partial charge in [0, 0.05) is 0 Å². The predicted octanol–water partition coefficient (Wildman–Crippen LogP) is 11.2. The normalized spacial score (nSPS) is 12.1. The molecule has 0 aliphatic heterocycles. The van der Waals surface area contributed by atoms with Crippen LogP contribution < -0.4 is 0 Å². The topological polar surface area (TPSA) is 0 Å². The van der Waals surface area contributed by atoms with Gasteiger partial charge >= 0.3 is 0 Å². The fourth-order valence-corrected chi connectivity index (χ4v) is 5.81. The summed E-state index contributed by atoms with van der Waals surface area (Å²) in [5.74, 6) is 0. The van der Waals surface area contributed by atoms with Crippen molar-refractivity contribution in [2.75, 3.05) is 0 Å². The van der Waals surface area contributed by atoms with Crippen molar-refractivity contribution in [1.29, 1.82) is 0 Å². The van der Waals surface area contributed by atoms with Gasteiger partial charge in [-0.1, -0.05) is 170 Å². The van der Waals surface area contributed by atoms with E-state index in [1.807, 2.05) is 0 Å². The van der Waals surface area contributed by atoms with Crippen molar-refractivity contribution in [3.05, 3.63) is 203 Å². The summed E-state index contributed by atoms with van der Waals surface area (Å²) in [6, 6.07) is 60.7. The molecule has 7 rings (SSSR count). The molecule has 0 aliphatic carbocycles. The highest BCUT2D eigenvalue weighted by Gasteiger charge is 2.11. The summed E-state index contributed by atoms with van der Waals surface area (Å²) in [7, 11) is 0. The summed E-state index contributed by atoms with van der Waals surface area (Å²) in [5.41, 5.74) is 9.68. The Bertz CT molecular complexity index is 1880. The van der Waals surface area contributed by atoms with Gasteiger partial charge < -0.3 is 0 Å². The minimum atomic E-state index is 1.17. The fourth-order valence-electron chi connectivity index (χ4n) is 5.81. The monoisotopic (exact) mass is 534 g/mol. The largest absolute Gasteiger partial charge is 0.0622 e. The van der Waals surface area contributed by atoms with Crippen molar-refractivity contribution in [3.63, 3.8) is 0 Å². The summed E-state index contributed by atoms with van der Waals surface area (Å²) >= 11 is 0. The molecule has 0 nitrogen and oxygen atoms in total. The van der Waals surface area contributed by atoms with Gasteiger partial charge in [0.25, 0.3) is 0 Å². The van der Waals surface area contributed by atoms with Gasteiger partial charge in [0.05, 0.1) is 0 Å². The maximum atomic E-state index is 2.31. The highest BCUT2D eigenvalue weighted by molar-refractivity contribution is 6.04. The predicted molar refractivity (Wildman–Crippen MR) is 181 cm³/mol. The summed E-state index contributed by atoms with van der Waals surface area (Å²) in [6.07, 6.45) is 4.63. The zero-order valence-electron chi connectivity index (χ0n) is 23.3. The van der Waals surface area contributed by atoms with E-state index in [1.165, 1.54) is 66.1 Å². The average Bonchev–Trinajstić information content (AvgIpc) is 3.07. The molecule has 7 aromatic rings. The number of hydrogen-bond donors (Lipinski definition) is 0. The number of rotatable bonds is 6. The van der Waals surface area contributed by atoms with Crippen molar-refractivity contribution >= 4 is 44.8 Å². The minimum Gasteiger partial charge on any atom is -0.0622 e. The third kappa shape index (κ3) is 5.19. The van der Waals surface area contributed by atoms with E-state index in [0.29, 0.717) is 0 Å². The minimum absolute atomic E-state index is 1.17. The molecule has 0 aliphatic rings. The van der Waals surface area contributed by atoms with Crippen LogP contribution in [0.4, 0.5) is 0 Å². The van der Waals surface area contributed by atoms with Crippen molar-refractivity contribution < 1.29 is 0 Å². The van der Waals surface area contributed by atoms with Crippen LogP contribution in [0.3, 0.4) is 0 Å². The van der Waals surface area contributed by atoms with E-state index < -0.39 is 0 Å². The molecule has 42 heavy (non-hydrogen) atoms. The Kier molecular flexibility index (Phi) is 7.02. The Balaban J connectivity index is 1.33. The van der Waals surface area contributed by atoms with E-state index in [4.69, 9.17) is 0 Å². The molecule has 0 saturated carbocycles. The molecule has 198 valence electrons. The maximum absolute atomic E-state index is 2.31. The molecule has 0 heterocycles. The van der Waals surface area contributed by atoms with Crippen molar-refractivity contribution in [3.8, 4) is 0 Å². The van der Waals surface area contributed by atoms with Gasteiger partial charge in [0.1, 0.15) is 0 Å². The highest BCUT2D eigenvalue weighted by atomic mass is 14.1. The smallest absolute Gasteiger partial charge is 0.00992 e. The zero-order valence-corrected chi connectivity index (χ0v) is 23.3. The van der Waals surface area contributed by atoms with Gasteiger partial charge in [-0.05, 0) is 78.2 Å². The van der Waals surface area contributed by atoms with Gasteiger partial charge in [0.2, 0.25) is 0 Å². The lowest BCUT2D eigenvalue weighted by Gasteiger charge is -2.13. The molecule has 0 heteroatoms. The second-order valence-electron chi connectivity index (χ2n) is 10.6. The first-order chi connectivity index (χ1) is 20.8. The third-order valence-electron chi connectivity index (χ3n) is 7.89. The van der Waals surface area contributed by atoms with Crippen LogP contribution in [0.25, 0.3) is 44.8 Å². The molecule has 0 saturated heterocycles. The molecule has 0 amide bonds. The van der Waals surface area contributed by atoms with E-state index >= 15 is 0 Å². The highest BCUT2D eigenvalue weighted by Crippen LogP contribution is 2.34. The Morgan fingerprint density at radius 3 is 1.10 bits per heavy atom. The summed E-state index contributed by atoms with van der Waals surface area (Å²) in [4.78, 5) is 0. The van der Waals surface area contributed by atoms with Crippen LogP contribution in [-0.4, -0.2) is 0 Å². The van der Waals surface area contributed by atoms with Crippen LogP contribution in [0.15, 0.2) is 170 Å². The van der Waals surface area contributed by atoms with Crippen molar-refractivity contribution in [2.45, 2.75) is 0 Å². The van der Waals surface area contributed by atoms with E-state index in [9.17, 15) is 0 Å². The van der Waals surface area contributed by atoms with Crippen LogP contribution >= 0.6 is 0 Å². The summed E-state index contributed by atoms with van der Waals surface area (Å²) in [5, 5.41) is 5.02.